The molecule has 0 N–H and O–H groups in total. The van der Waals surface area contributed by atoms with Gasteiger partial charge >= 0.3 is 16.4 Å². The third-order valence-electron chi connectivity index (χ3n) is 5.91. The SMILES string of the molecule is CCN(C(=O)Cn1nc(OS(=O)(=O)c2ccc(C)cc2)c2c(cnn2C)c1=O)c1ccc2c(c1)OC(F)(F)O2. The molecule has 1 aliphatic heterocycles. The lowest BCUT2D eigenvalue weighted by molar-refractivity contribution is -0.286. The van der Waals surface area contributed by atoms with Crippen molar-refractivity contribution in [3.05, 3.63) is 64.6 Å². The van der Waals surface area contributed by atoms with E-state index in [9.17, 15) is 26.8 Å². The Morgan fingerprint density at radius 3 is 2.51 bits per heavy atom. The molecule has 5 rings (SSSR count). The number of anilines is 1. The van der Waals surface area contributed by atoms with E-state index >= 15 is 0 Å². The average molecular weight is 562 g/mol. The molecule has 0 saturated carbocycles. The largest absolute Gasteiger partial charge is 0.586 e. The topological polar surface area (TPSA) is 135 Å². The van der Waals surface area contributed by atoms with Crippen molar-refractivity contribution in [3.8, 4) is 17.4 Å². The molecule has 1 amide bonds. The minimum atomic E-state index is -4.35. The minimum absolute atomic E-state index is 0.0171. The number of hydrogen-bond acceptors (Lipinski definition) is 9. The van der Waals surface area contributed by atoms with Gasteiger partial charge in [-0.25, -0.2) is 4.68 Å². The monoisotopic (exact) mass is 561 g/mol. The summed E-state index contributed by atoms with van der Waals surface area (Å²) in [5.74, 6) is -1.55. The van der Waals surface area contributed by atoms with E-state index in [1.807, 2.05) is 0 Å². The number of aryl methyl sites for hydroxylation is 2. The van der Waals surface area contributed by atoms with Gasteiger partial charge in [0.15, 0.2) is 11.5 Å². The van der Waals surface area contributed by atoms with E-state index in [2.05, 4.69) is 19.7 Å². The second-order valence-corrected chi connectivity index (χ2v) is 10.1. The van der Waals surface area contributed by atoms with Gasteiger partial charge in [-0.1, -0.05) is 17.7 Å². The van der Waals surface area contributed by atoms with E-state index in [1.54, 1.807) is 26.0 Å². The van der Waals surface area contributed by atoms with Crippen LogP contribution in [0.25, 0.3) is 10.9 Å². The van der Waals surface area contributed by atoms with Crippen molar-refractivity contribution < 1.29 is 35.6 Å². The Kier molecular flexibility index (Phi) is 6.25. The molecule has 12 nitrogen and oxygen atoms in total. The number of carbonyl (C=O) groups is 1. The quantitative estimate of drug-likeness (QED) is 0.312. The van der Waals surface area contributed by atoms with Crippen molar-refractivity contribution in [1.29, 1.82) is 0 Å². The second-order valence-electron chi connectivity index (χ2n) is 8.59. The van der Waals surface area contributed by atoms with Crippen LogP contribution in [0.2, 0.25) is 0 Å². The summed E-state index contributed by atoms with van der Waals surface area (Å²) < 4.78 is 68.9. The van der Waals surface area contributed by atoms with Crippen molar-refractivity contribution in [2.24, 2.45) is 7.05 Å². The lowest BCUT2D eigenvalue weighted by atomic mass is 10.2. The number of rotatable bonds is 7. The molecule has 4 aromatic rings. The molecular formula is C24H21F2N5O7S. The molecule has 15 heteroatoms. The summed E-state index contributed by atoms with van der Waals surface area (Å²) in [5.41, 5.74) is 0.345. The molecule has 0 unspecified atom stereocenters. The third-order valence-corrected chi connectivity index (χ3v) is 7.14. The maximum Gasteiger partial charge on any atom is 0.586 e. The van der Waals surface area contributed by atoms with E-state index < -0.39 is 40.3 Å². The predicted molar refractivity (Wildman–Crippen MR) is 132 cm³/mol. The van der Waals surface area contributed by atoms with Crippen molar-refractivity contribution >= 4 is 32.6 Å². The van der Waals surface area contributed by atoms with Gasteiger partial charge in [-0.15, -0.1) is 13.9 Å². The Labute approximate surface area is 220 Å². The van der Waals surface area contributed by atoms with Crippen LogP contribution in [0.15, 0.2) is 58.4 Å². The Morgan fingerprint density at radius 1 is 1.13 bits per heavy atom. The molecular weight excluding hydrogens is 540 g/mol. The Hall–Kier alpha value is -4.53. The van der Waals surface area contributed by atoms with E-state index in [4.69, 9.17) is 4.18 Å². The minimum Gasteiger partial charge on any atom is -0.395 e. The molecule has 0 fully saturated rings. The summed E-state index contributed by atoms with van der Waals surface area (Å²) in [6.45, 7) is 2.91. The van der Waals surface area contributed by atoms with E-state index in [0.29, 0.717) is 0 Å². The molecule has 0 spiro atoms. The van der Waals surface area contributed by atoms with Gasteiger partial charge in [-0.3, -0.25) is 14.3 Å². The molecule has 2 aromatic carbocycles. The Balaban J connectivity index is 1.49. The van der Waals surface area contributed by atoms with Crippen LogP contribution in [0.3, 0.4) is 0 Å². The molecule has 0 atom stereocenters. The molecule has 1 aliphatic rings. The Bertz CT molecular complexity index is 1770. The average Bonchev–Trinajstić information content (AvgIpc) is 3.40. The van der Waals surface area contributed by atoms with E-state index in [-0.39, 0.29) is 39.5 Å². The van der Waals surface area contributed by atoms with Crippen LogP contribution < -0.4 is 24.1 Å². The van der Waals surface area contributed by atoms with Crippen LogP contribution in [0.5, 0.6) is 17.4 Å². The fraction of sp³-hybridized carbons (Fsp3) is 0.250. The summed E-state index contributed by atoms with van der Waals surface area (Å²) in [6.07, 6.45) is -2.62. The number of benzene rings is 2. The van der Waals surface area contributed by atoms with Gasteiger partial charge in [0.2, 0.25) is 5.91 Å². The highest BCUT2D eigenvalue weighted by atomic mass is 32.2. The summed E-state index contributed by atoms with van der Waals surface area (Å²) in [7, 11) is -2.88. The second kappa shape index (κ2) is 9.34. The number of halogens is 2. The first-order valence-electron chi connectivity index (χ1n) is 11.5. The normalized spacial score (nSPS) is 14.0. The van der Waals surface area contributed by atoms with Gasteiger partial charge < -0.3 is 18.6 Å². The summed E-state index contributed by atoms with van der Waals surface area (Å²) in [5, 5.41) is 8.02. The van der Waals surface area contributed by atoms with E-state index in [1.165, 1.54) is 53.2 Å². The van der Waals surface area contributed by atoms with Gasteiger partial charge in [0.1, 0.15) is 17.0 Å². The molecule has 0 bridgehead atoms. The number of alkyl halides is 2. The maximum absolute atomic E-state index is 13.4. The number of amides is 1. The first-order valence-corrected chi connectivity index (χ1v) is 12.9. The smallest absolute Gasteiger partial charge is 0.395 e. The first-order chi connectivity index (χ1) is 18.4. The van der Waals surface area contributed by atoms with Gasteiger partial charge in [-0.05, 0) is 38.1 Å². The van der Waals surface area contributed by atoms with Crippen LogP contribution in [-0.2, 0) is 28.5 Å². The number of hydrogen-bond donors (Lipinski definition) is 0. The fourth-order valence-electron chi connectivity index (χ4n) is 4.03. The van der Waals surface area contributed by atoms with Gasteiger partial charge in [0.25, 0.3) is 11.4 Å². The first kappa shape index (κ1) is 26.1. The number of fused-ring (bicyclic) bond motifs is 2. The highest BCUT2D eigenvalue weighted by molar-refractivity contribution is 7.87. The maximum atomic E-state index is 13.4. The molecule has 39 heavy (non-hydrogen) atoms. The van der Waals surface area contributed by atoms with Crippen LogP contribution in [0.1, 0.15) is 12.5 Å². The molecule has 0 radical (unpaired) electrons. The van der Waals surface area contributed by atoms with E-state index in [0.717, 1.165) is 10.2 Å². The number of ether oxygens (including phenoxy) is 2. The molecule has 0 saturated heterocycles. The zero-order valence-electron chi connectivity index (χ0n) is 20.8. The lowest BCUT2D eigenvalue weighted by Crippen LogP contribution is -2.37. The van der Waals surface area contributed by atoms with Crippen molar-refractivity contribution in [2.45, 2.75) is 31.6 Å². The zero-order valence-corrected chi connectivity index (χ0v) is 21.6. The molecule has 2 aromatic heterocycles. The fourth-order valence-corrected chi connectivity index (χ4v) is 4.92. The highest BCUT2D eigenvalue weighted by Gasteiger charge is 2.43. The van der Waals surface area contributed by atoms with Crippen molar-refractivity contribution in [1.82, 2.24) is 19.6 Å². The highest BCUT2D eigenvalue weighted by Crippen LogP contribution is 2.42. The summed E-state index contributed by atoms with van der Waals surface area (Å²) >= 11 is 0. The lowest BCUT2D eigenvalue weighted by Gasteiger charge is -2.21. The molecule has 0 aliphatic carbocycles. The summed E-state index contributed by atoms with van der Waals surface area (Å²) in [6, 6.07) is 9.75. The van der Waals surface area contributed by atoms with Gasteiger partial charge in [-0.2, -0.15) is 13.5 Å². The number of likely N-dealkylation sites (N-methyl/N-ethyl adjacent to an activating group) is 1. The van der Waals surface area contributed by atoms with Crippen molar-refractivity contribution in [3.63, 3.8) is 0 Å². The predicted octanol–water partition coefficient (Wildman–Crippen LogP) is 2.58. The number of nitrogens with zero attached hydrogens (tertiary/aromatic N) is 5. The van der Waals surface area contributed by atoms with Crippen LogP contribution in [0, 0.1) is 6.92 Å². The third kappa shape index (κ3) is 4.87. The van der Waals surface area contributed by atoms with Crippen LogP contribution in [-0.4, -0.2) is 46.7 Å². The standard InChI is InChI=1S/C24H21F2N5O7S/c1-4-30(15-7-10-18-19(11-15)37-24(25,26)36-18)20(32)13-31-23(33)17-12-27-29(3)21(17)22(28-31)38-39(34,35)16-8-5-14(2)6-9-16/h5-12H,4,13H2,1-3H3. The van der Waals surface area contributed by atoms with Crippen molar-refractivity contribution in [2.75, 3.05) is 11.4 Å². The summed E-state index contributed by atoms with van der Waals surface area (Å²) in [4.78, 5) is 27.4. The van der Waals surface area contributed by atoms with Crippen LogP contribution >= 0.6 is 0 Å². The number of carbonyl (C=O) groups excluding carboxylic acids is 1. The van der Waals surface area contributed by atoms with Crippen LogP contribution in [0.4, 0.5) is 14.5 Å². The van der Waals surface area contributed by atoms with Gasteiger partial charge in [0, 0.05) is 25.3 Å². The molecule has 204 valence electrons. The Morgan fingerprint density at radius 2 is 1.82 bits per heavy atom. The molecule has 3 heterocycles. The van der Waals surface area contributed by atoms with Gasteiger partial charge in [0.05, 0.1) is 11.6 Å². The number of aromatic nitrogens is 4. The zero-order chi connectivity index (χ0) is 28.1.